The molecule has 5 heteroatoms. The number of carbonyl (C=O) groups is 1. The lowest BCUT2D eigenvalue weighted by atomic mass is 10.0. The highest BCUT2D eigenvalue weighted by Crippen LogP contribution is 2.21. The lowest BCUT2D eigenvalue weighted by Gasteiger charge is -2.13. The zero-order chi connectivity index (χ0) is 16.3. The lowest BCUT2D eigenvalue weighted by Crippen LogP contribution is -2.28. The van der Waals surface area contributed by atoms with Gasteiger partial charge in [0.25, 0.3) is 5.56 Å². The number of aryl methyl sites for hydroxylation is 2. The summed E-state index contributed by atoms with van der Waals surface area (Å²) >= 11 is 0. The van der Waals surface area contributed by atoms with E-state index in [9.17, 15) is 9.59 Å². The number of benzene rings is 1. The van der Waals surface area contributed by atoms with Gasteiger partial charge < -0.3 is 4.74 Å². The van der Waals surface area contributed by atoms with Gasteiger partial charge in [-0.05, 0) is 48.7 Å². The van der Waals surface area contributed by atoms with Crippen LogP contribution in [0.25, 0.3) is 11.3 Å². The highest BCUT2D eigenvalue weighted by atomic mass is 16.5. The molecule has 0 unspecified atom stereocenters. The van der Waals surface area contributed by atoms with E-state index < -0.39 is 11.5 Å². The van der Waals surface area contributed by atoms with Gasteiger partial charge in [0.2, 0.25) is 0 Å². The van der Waals surface area contributed by atoms with Gasteiger partial charge in [-0.25, -0.2) is 0 Å². The van der Waals surface area contributed by atoms with E-state index in [1.807, 2.05) is 38.1 Å². The number of hydrogen-bond donors (Lipinski definition) is 0. The van der Waals surface area contributed by atoms with Gasteiger partial charge in [-0.3, -0.25) is 14.2 Å². The SMILES string of the molecule is COC(=O)Cn1c(-c2ccc(C)c(C)c2)ccc(C#N)c1=O. The van der Waals surface area contributed by atoms with Crippen molar-refractivity contribution in [1.82, 2.24) is 4.57 Å². The number of nitrogens with zero attached hydrogens (tertiary/aromatic N) is 2. The highest BCUT2D eigenvalue weighted by molar-refractivity contribution is 5.71. The minimum Gasteiger partial charge on any atom is -0.468 e. The summed E-state index contributed by atoms with van der Waals surface area (Å²) in [5.74, 6) is -0.540. The molecule has 0 bridgehead atoms. The molecule has 22 heavy (non-hydrogen) atoms. The predicted octanol–water partition coefficient (Wildman–Crippen LogP) is 2.18. The van der Waals surface area contributed by atoms with Gasteiger partial charge in [0.1, 0.15) is 18.2 Å². The fourth-order valence-corrected chi connectivity index (χ4v) is 2.17. The van der Waals surface area contributed by atoms with E-state index in [4.69, 9.17) is 5.26 Å². The maximum atomic E-state index is 12.3. The van der Waals surface area contributed by atoms with Crippen LogP contribution in [0.3, 0.4) is 0 Å². The van der Waals surface area contributed by atoms with Crippen molar-refractivity contribution in [3.8, 4) is 17.3 Å². The number of carbonyl (C=O) groups excluding carboxylic acids is 1. The standard InChI is InChI=1S/C17H16N2O3/c1-11-4-5-13(8-12(11)2)15-7-6-14(9-18)17(21)19(15)10-16(20)22-3/h4-8H,10H2,1-3H3. The zero-order valence-corrected chi connectivity index (χ0v) is 12.7. The van der Waals surface area contributed by atoms with Gasteiger partial charge in [-0.1, -0.05) is 12.1 Å². The second-order valence-electron chi connectivity index (χ2n) is 5.01. The van der Waals surface area contributed by atoms with Crippen molar-refractivity contribution in [2.45, 2.75) is 20.4 Å². The summed E-state index contributed by atoms with van der Waals surface area (Å²) in [5.41, 5.74) is 3.12. The summed E-state index contributed by atoms with van der Waals surface area (Å²) in [5, 5.41) is 9.00. The summed E-state index contributed by atoms with van der Waals surface area (Å²) in [6.45, 7) is 3.75. The molecule has 0 saturated heterocycles. The molecular formula is C17H16N2O3. The Kier molecular flexibility index (Phi) is 4.42. The number of ether oxygens (including phenoxy) is 1. The van der Waals surface area contributed by atoms with E-state index in [-0.39, 0.29) is 12.1 Å². The Morgan fingerprint density at radius 3 is 2.55 bits per heavy atom. The second kappa shape index (κ2) is 6.27. The molecule has 0 spiro atoms. The average molecular weight is 296 g/mol. The number of aromatic nitrogens is 1. The molecule has 0 aliphatic carbocycles. The summed E-state index contributed by atoms with van der Waals surface area (Å²) in [6.07, 6.45) is 0. The second-order valence-corrected chi connectivity index (χ2v) is 5.01. The van der Waals surface area contributed by atoms with Crippen LogP contribution in [0.1, 0.15) is 16.7 Å². The van der Waals surface area contributed by atoms with Crippen molar-refractivity contribution in [3.05, 3.63) is 57.4 Å². The van der Waals surface area contributed by atoms with E-state index in [2.05, 4.69) is 4.74 Å². The number of rotatable bonds is 3. The molecular weight excluding hydrogens is 280 g/mol. The van der Waals surface area contributed by atoms with Gasteiger partial charge >= 0.3 is 5.97 Å². The summed E-state index contributed by atoms with van der Waals surface area (Å²) < 4.78 is 5.91. The number of pyridine rings is 1. The van der Waals surface area contributed by atoms with Gasteiger partial charge in [0, 0.05) is 0 Å². The molecule has 1 aromatic heterocycles. The molecule has 112 valence electrons. The fraction of sp³-hybridized carbons (Fsp3) is 0.235. The zero-order valence-electron chi connectivity index (χ0n) is 12.7. The van der Waals surface area contributed by atoms with Crippen LogP contribution in [0.4, 0.5) is 0 Å². The number of esters is 1. The predicted molar refractivity (Wildman–Crippen MR) is 82.3 cm³/mol. The molecule has 0 aliphatic heterocycles. The quantitative estimate of drug-likeness (QED) is 0.814. The molecule has 0 atom stereocenters. The van der Waals surface area contributed by atoms with Crippen LogP contribution in [-0.2, 0) is 16.1 Å². The first-order valence-electron chi connectivity index (χ1n) is 6.76. The third-order valence-corrected chi connectivity index (χ3v) is 3.61. The van der Waals surface area contributed by atoms with Crippen molar-refractivity contribution in [2.24, 2.45) is 0 Å². The molecule has 2 aromatic rings. The van der Waals surface area contributed by atoms with Crippen molar-refractivity contribution < 1.29 is 9.53 Å². The summed E-state index contributed by atoms with van der Waals surface area (Å²) in [4.78, 5) is 23.9. The minimum atomic E-state index is -0.540. The Hall–Kier alpha value is -2.87. The fourth-order valence-electron chi connectivity index (χ4n) is 2.17. The van der Waals surface area contributed by atoms with Gasteiger partial charge in [0.15, 0.2) is 0 Å². The first kappa shape index (κ1) is 15.5. The largest absolute Gasteiger partial charge is 0.468 e. The Labute approximate surface area is 128 Å². The third kappa shape index (κ3) is 2.91. The van der Waals surface area contributed by atoms with E-state index in [0.717, 1.165) is 16.7 Å². The van der Waals surface area contributed by atoms with Crippen LogP contribution >= 0.6 is 0 Å². The van der Waals surface area contributed by atoms with Crippen molar-refractivity contribution in [2.75, 3.05) is 7.11 Å². The Bertz CT molecular complexity index is 829. The number of nitriles is 1. The van der Waals surface area contributed by atoms with Crippen LogP contribution in [0.2, 0.25) is 0 Å². The Morgan fingerprint density at radius 2 is 1.95 bits per heavy atom. The van der Waals surface area contributed by atoms with Crippen molar-refractivity contribution >= 4 is 5.97 Å². The molecule has 0 fully saturated rings. The lowest BCUT2D eigenvalue weighted by molar-refractivity contribution is -0.141. The number of hydrogen-bond acceptors (Lipinski definition) is 4. The first-order chi connectivity index (χ1) is 10.5. The van der Waals surface area contributed by atoms with Crippen molar-refractivity contribution in [1.29, 1.82) is 5.26 Å². The Balaban J connectivity index is 2.67. The van der Waals surface area contributed by atoms with E-state index >= 15 is 0 Å². The smallest absolute Gasteiger partial charge is 0.325 e. The maximum Gasteiger partial charge on any atom is 0.325 e. The van der Waals surface area contributed by atoms with E-state index in [0.29, 0.717) is 5.69 Å². The summed E-state index contributed by atoms with van der Waals surface area (Å²) in [6, 6.07) is 10.8. The van der Waals surface area contributed by atoms with Crippen LogP contribution in [0.5, 0.6) is 0 Å². The Morgan fingerprint density at radius 1 is 1.23 bits per heavy atom. The summed E-state index contributed by atoms with van der Waals surface area (Å²) in [7, 11) is 1.26. The van der Waals surface area contributed by atoms with E-state index in [1.165, 1.54) is 17.7 Å². The monoisotopic (exact) mass is 296 g/mol. The topological polar surface area (TPSA) is 72.1 Å². The van der Waals surface area contributed by atoms with Gasteiger partial charge in [-0.15, -0.1) is 0 Å². The minimum absolute atomic E-state index is 0.00325. The van der Waals surface area contributed by atoms with E-state index in [1.54, 1.807) is 6.07 Å². The molecule has 0 aliphatic rings. The molecule has 1 aromatic carbocycles. The third-order valence-electron chi connectivity index (χ3n) is 3.61. The van der Waals surface area contributed by atoms with Crippen LogP contribution in [0.15, 0.2) is 35.1 Å². The van der Waals surface area contributed by atoms with Gasteiger partial charge in [0.05, 0.1) is 12.8 Å². The molecule has 1 heterocycles. The molecule has 0 saturated carbocycles. The molecule has 5 nitrogen and oxygen atoms in total. The van der Waals surface area contributed by atoms with Crippen LogP contribution < -0.4 is 5.56 Å². The van der Waals surface area contributed by atoms with Crippen LogP contribution in [0, 0.1) is 25.2 Å². The molecule has 0 amide bonds. The molecule has 2 rings (SSSR count). The normalized spacial score (nSPS) is 10.1. The van der Waals surface area contributed by atoms with Gasteiger partial charge in [-0.2, -0.15) is 5.26 Å². The highest BCUT2D eigenvalue weighted by Gasteiger charge is 2.14. The van der Waals surface area contributed by atoms with Crippen molar-refractivity contribution in [3.63, 3.8) is 0 Å². The molecule has 0 radical (unpaired) electrons. The van der Waals surface area contributed by atoms with Crippen LogP contribution in [-0.4, -0.2) is 17.6 Å². The number of methoxy groups -OCH3 is 1. The maximum absolute atomic E-state index is 12.3. The average Bonchev–Trinajstić information content (AvgIpc) is 2.51. The molecule has 0 N–H and O–H groups in total. The first-order valence-corrected chi connectivity index (χ1v) is 6.76.